The highest BCUT2D eigenvalue weighted by molar-refractivity contribution is 5.65. The molecule has 0 aliphatic carbocycles. The smallest absolute Gasteiger partial charge is 0.405 e. The van der Waals surface area contributed by atoms with Crippen molar-refractivity contribution in [2.45, 2.75) is 52.6 Å². The highest BCUT2D eigenvalue weighted by Gasteiger charge is 2.23. The van der Waals surface area contributed by atoms with Crippen molar-refractivity contribution < 1.29 is 9.53 Å². The lowest BCUT2D eigenvalue weighted by Crippen LogP contribution is -2.32. The first-order valence-electron chi connectivity index (χ1n) is 4.86. The number of hydrogen-bond acceptors (Lipinski definition) is 2. The minimum absolute atomic E-state index is 0.430. The summed E-state index contributed by atoms with van der Waals surface area (Å²) in [5, 5.41) is 0. The summed E-state index contributed by atoms with van der Waals surface area (Å²) in [6.45, 7) is 8.10. The summed E-state index contributed by atoms with van der Waals surface area (Å²) in [7, 11) is 0. The van der Waals surface area contributed by atoms with Gasteiger partial charge in [-0.25, -0.2) is 4.79 Å². The molecule has 0 aliphatic heterocycles. The van der Waals surface area contributed by atoms with E-state index in [9.17, 15) is 4.79 Å². The molecular weight excluding hydrogens is 166 g/mol. The van der Waals surface area contributed by atoms with Crippen LogP contribution in [0.2, 0.25) is 0 Å². The molecule has 0 aliphatic rings. The maximum atomic E-state index is 10.6. The molecule has 0 spiro atoms. The Morgan fingerprint density at radius 3 is 2.46 bits per heavy atom. The predicted molar refractivity (Wildman–Crippen MR) is 53.4 cm³/mol. The monoisotopic (exact) mass is 187 g/mol. The van der Waals surface area contributed by atoms with Crippen LogP contribution in [0.1, 0.15) is 47.0 Å². The van der Waals surface area contributed by atoms with Gasteiger partial charge in [-0.15, -0.1) is 0 Å². The Morgan fingerprint density at radius 2 is 2.08 bits per heavy atom. The molecule has 0 aromatic heterocycles. The van der Waals surface area contributed by atoms with Crippen molar-refractivity contribution in [3.63, 3.8) is 0 Å². The molecular formula is C10H21NO2. The van der Waals surface area contributed by atoms with Crippen LogP contribution in [0.25, 0.3) is 0 Å². The molecule has 1 amide bonds. The van der Waals surface area contributed by atoms with Gasteiger partial charge in [-0.3, -0.25) is 0 Å². The molecule has 3 nitrogen and oxygen atoms in total. The van der Waals surface area contributed by atoms with Gasteiger partial charge in [0.2, 0.25) is 0 Å². The van der Waals surface area contributed by atoms with Crippen LogP contribution in [0, 0.1) is 5.92 Å². The highest BCUT2D eigenvalue weighted by atomic mass is 16.6. The van der Waals surface area contributed by atoms with Gasteiger partial charge in [0.05, 0.1) is 0 Å². The van der Waals surface area contributed by atoms with Crippen molar-refractivity contribution in [1.82, 2.24) is 0 Å². The second kappa shape index (κ2) is 5.10. The van der Waals surface area contributed by atoms with Gasteiger partial charge in [0.15, 0.2) is 0 Å². The predicted octanol–water partition coefficient (Wildman–Crippen LogP) is 2.69. The zero-order valence-electron chi connectivity index (χ0n) is 9.09. The normalized spacial score (nSPS) is 13.8. The van der Waals surface area contributed by atoms with Crippen molar-refractivity contribution in [2.75, 3.05) is 0 Å². The van der Waals surface area contributed by atoms with Crippen LogP contribution in [-0.4, -0.2) is 11.7 Å². The van der Waals surface area contributed by atoms with Crippen molar-refractivity contribution in [1.29, 1.82) is 0 Å². The standard InChI is InChI=1S/C10H21NO2/c1-5-6-8(2)7-10(3,4)13-9(11)12/h8H,5-7H2,1-4H3,(H2,11,12). The Kier molecular flexibility index (Phi) is 4.81. The fourth-order valence-corrected chi connectivity index (χ4v) is 1.75. The van der Waals surface area contributed by atoms with E-state index >= 15 is 0 Å². The van der Waals surface area contributed by atoms with Gasteiger partial charge < -0.3 is 10.5 Å². The fraction of sp³-hybridized carbons (Fsp3) is 0.900. The molecule has 0 bridgehead atoms. The average molecular weight is 187 g/mol. The van der Waals surface area contributed by atoms with E-state index in [-0.39, 0.29) is 0 Å². The second-order valence-corrected chi connectivity index (χ2v) is 4.28. The Bertz CT molecular complexity index is 166. The number of amides is 1. The lowest BCUT2D eigenvalue weighted by molar-refractivity contribution is 0.0274. The van der Waals surface area contributed by atoms with Crippen LogP contribution in [0.4, 0.5) is 4.79 Å². The van der Waals surface area contributed by atoms with Gasteiger partial charge in [-0.1, -0.05) is 26.7 Å². The van der Waals surface area contributed by atoms with Crippen LogP contribution in [0.5, 0.6) is 0 Å². The maximum absolute atomic E-state index is 10.6. The van der Waals surface area contributed by atoms with Crippen LogP contribution in [0.15, 0.2) is 0 Å². The number of carbonyl (C=O) groups excluding carboxylic acids is 1. The molecule has 0 heterocycles. The van der Waals surface area contributed by atoms with Gasteiger partial charge in [0, 0.05) is 0 Å². The molecule has 0 radical (unpaired) electrons. The largest absolute Gasteiger partial charge is 0.444 e. The van der Waals surface area contributed by atoms with Crippen molar-refractivity contribution in [3.05, 3.63) is 0 Å². The third kappa shape index (κ3) is 6.43. The Morgan fingerprint density at radius 1 is 1.54 bits per heavy atom. The van der Waals surface area contributed by atoms with Crippen molar-refractivity contribution in [3.8, 4) is 0 Å². The number of ether oxygens (including phenoxy) is 1. The molecule has 1 unspecified atom stereocenters. The summed E-state index contributed by atoms with van der Waals surface area (Å²) in [4.78, 5) is 10.6. The topological polar surface area (TPSA) is 52.3 Å². The highest BCUT2D eigenvalue weighted by Crippen LogP contribution is 2.23. The van der Waals surface area contributed by atoms with Crippen molar-refractivity contribution >= 4 is 6.09 Å². The van der Waals surface area contributed by atoms with Gasteiger partial charge in [0.1, 0.15) is 5.60 Å². The van der Waals surface area contributed by atoms with E-state index < -0.39 is 11.7 Å². The van der Waals surface area contributed by atoms with E-state index in [1.54, 1.807) is 0 Å². The molecule has 0 aromatic rings. The van der Waals surface area contributed by atoms with E-state index in [1.165, 1.54) is 0 Å². The van der Waals surface area contributed by atoms with Crippen molar-refractivity contribution in [2.24, 2.45) is 11.7 Å². The second-order valence-electron chi connectivity index (χ2n) is 4.28. The third-order valence-electron chi connectivity index (χ3n) is 2.00. The Balaban J connectivity index is 3.92. The summed E-state index contributed by atoms with van der Waals surface area (Å²) in [5.74, 6) is 0.569. The fourth-order valence-electron chi connectivity index (χ4n) is 1.75. The van der Waals surface area contributed by atoms with E-state index in [2.05, 4.69) is 13.8 Å². The number of rotatable bonds is 5. The van der Waals surface area contributed by atoms with Gasteiger partial charge >= 0.3 is 6.09 Å². The summed E-state index contributed by atoms with van der Waals surface area (Å²) >= 11 is 0. The summed E-state index contributed by atoms with van der Waals surface area (Å²) in [6, 6.07) is 0. The molecule has 3 heteroatoms. The van der Waals surface area contributed by atoms with Crippen LogP contribution >= 0.6 is 0 Å². The minimum Gasteiger partial charge on any atom is -0.444 e. The molecule has 1 atom stereocenters. The summed E-state index contributed by atoms with van der Waals surface area (Å²) in [6.07, 6.45) is 2.50. The van der Waals surface area contributed by atoms with Gasteiger partial charge in [-0.2, -0.15) is 0 Å². The van der Waals surface area contributed by atoms with E-state index in [0.29, 0.717) is 5.92 Å². The first-order chi connectivity index (χ1) is 5.87. The van der Waals surface area contributed by atoms with Crippen LogP contribution in [-0.2, 0) is 4.74 Å². The molecule has 78 valence electrons. The zero-order chi connectivity index (χ0) is 10.5. The summed E-state index contributed by atoms with van der Waals surface area (Å²) < 4.78 is 4.99. The SMILES string of the molecule is CCCC(C)CC(C)(C)OC(N)=O. The average Bonchev–Trinajstić information content (AvgIpc) is 1.81. The van der Waals surface area contributed by atoms with Gasteiger partial charge in [-0.05, 0) is 26.2 Å². The quantitative estimate of drug-likeness (QED) is 0.719. The third-order valence-corrected chi connectivity index (χ3v) is 2.00. The zero-order valence-corrected chi connectivity index (χ0v) is 9.09. The molecule has 0 fully saturated rings. The first kappa shape index (κ1) is 12.3. The van der Waals surface area contributed by atoms with E-state index in [4.69, 9.17) is 10.5 Å². The molecule has 0 aromatic carbocycles. The number of primary amides is 1. The first-order valence-corrected chi connectivity index (χ1v) is 4.86. The molecule has 0 saturated heterocycles. The van der Waals surface area contributed by atoms with Crippen LogP contribution in [0.3, 0.4) is 0 Å². The molecule has 0 rings (SSSR count). The maximum Gasteiger partial charge on any atom is 0.405 e. The van der Waals surface area contributed by atoms with Gasteiger partial charge in [0.25, 0.3) is 0 Å². The molecule has 2 N–H and O–H groups in total. The molecule has 0 saturated carbocycles. The lowest BCUT2D eigenvalue weighted by atomic mass is 9.92. The van der Waals surface area contributed by atoms with Crippen LogP contribution < -0.4 is 5.73 Å². The lowest BCUT2D eigenvalue weighted by Gasteiger charge is -2.27. The number of nitrogens with two attached hydrogens (primary N) is 1. The number of hydrogen-bond donors (Lipinski definition) is 1. The minimum atomic E-state index is -0.686. The van der Waals surface area contributed by atoms with E-state index in [1.807, 2.05) is 13.8 Å². The molecule has 13 heavy (non-hydrogen) atoms. The number of carbonyl (C=O) groups is 1. The summed E-state index contributed by atoms with van der Waals surface area (Å²) in [5.41, 5.74) is 4.54. The Labute approximate surface area is 80.6 Å². The Hall–Kier alpha value is -0.730. The van der Waals surface area contributed by atoms with E-state index in [0.717, 1.165) is 19.3 Å².